The Morgan fingerprint density at radius 1 is 1.00 bits per heavy atom. The SMILES string of the molecule is C[C@H](NC(=O)N(CCCN1CCOCC1)Cc1ccc(CNC2CCN(C(N)=O)C2)cc1)c1cccc2ccccc12. The van der Waals surface area contributed by atoms with E-state index >= 15 is 0 Å². The third-order valence-electron chi connectivity index (χ3n) is 8.41. The highest BCUT2D eigenvalue weighted by atomic mass is 16.5. The molecule has 4 N–H and O–H groups in total. The van der Waals surface area contributed by atoms with Crippen LogP contribution in [0.25, 0.3) is 10.8 Å². The van der Waals surface area contributed by atoms with Gasteiger partial charge >= 0.3 is 12.1 Å². The summed E-state index contributed by atoms with van der Waals surface area (Å²) in [6.45, 7) is 9.75. The molecule has 0 bridgehead atoms. The minimum Gasteiger partial charge on any atom is -0.379 e. The van der Waals surface area contributed by atoms with Crippen molar-refractivity contribution in [2.45, 2.75) is 44.9 Å². The largest absolute Gasteiger partial charge is 0.379 e. The highest BCUT2D eigenvalue weighted by molar-refractivity contribution is 5.86. The molecule has 2 aliphatic heterocycles. The molecule has 0 aliphatic carbocycles. The van der Waals surface area contributed by atoms with Crippen LogP contribution < -0.4 is 16.4 Å². The molecule has 1 unspecified atom stereocenters. The van der Waals surface area contributed by atoms with Crippen LogP contribution in [0.5, 0.6) is 0 Å². The zero-order valence-electron chi connectivity index (χ0n) is 24.6. The van der Waals surface area contributed by atoms with E-state index in [1.165, 1.54) is 10.9 Å². The highest BCUT2D eigenvalue weighted by Gasteiger charge is 2.24. The van der Waals surface area contributed by atoms with Crippen LogP contribution in [0, 0.1) is 0 Å². The molecule has 2 fully saturated rings. The van der Waals surface area contributed by atoms with Gasteiger partial charge in [0.1, 0.15) is 0 Å². The van der Waals surface area contributed by atoms with Gasteiger partial charge in [-0.15, -0.1) is 0 Å². The van der Waals surface area contributed by atoms with Gasteiger partial charge in [-0.1, -0.05) is 66.7 Å². The van der Waals surface area contributed by atoms with E-state index in [-0.39, 0.29) is 24.1 Å². The van der Waals surface area contributed by atoms with Crippen molar-refractivity contribution in [2.75, 3.05) is 52.5 Å². The first-order valence-corrected chi connectivity index (χ1v) is 15.1. The standard InChI is InChI=1S/C33H44N6O3/c1-25(30-9-4-7-28-6-2-3-8-31(28)30)36-33(41)39(16-5-15-37-18-20-42-21-19-37)23-27-12-10-26(11-13-27)22-35-29-14-17-38(24-29)32(34)40/h2-4,6-13,25,29,35H,5,14-24H2,1H3,(H2,34,40)(H,36,41)/t25-,29?/m0/s1. The molecule has 2 atom stereocenters. The number of urea groups is 2. The summed E-state index contributed by atoms with van der Waals surface area (Å²) >= 11 is 0. The number of nitrogens with two attached hydrogens (primary N) is 1. The Labute approximate surface area is 249 Å². The molecule has 0 aromatic heterocycles. The normalized spacial score (nSPS) is 18.2. The topological polar surface area (TPSA) is 103 Å². The van der Waals surface area contributed by atoms with Crippen LogP contribution in [0.3, 0.4) is 0 Å². The summed E-state index contributed by atoms with van der Waals surface area (Å²) in [6.07, 6.45) is 1.81. The number of hydrogen-bond acceptors (Lipinski definition) is 5. The summed E-state index contributed by atoms with van der Waals surface area (Å²) in [4.78, 5) is 31.1. The number of carbonyl (C=O) groups excluding carboxylic acids is 2. The van der Waals surface area contributed by atoms with Crippen molar-refractivity contribution >= 4 is 22.8 Å². The van der Waals surface area contributed by atoms with Crippen LogP contribution in [0.1, 0.15) is 42.5 Å². The van der Waals surface area contributed by atoms with Crippen molar-refractivity contribution in [2.24, 2.45) is 5.73 Å². The average molecular weight is 573 g/mol. The van der Waals surface area contributed by atoms with Gasteiger partial charge in [0.05, 0.1) is 19.3 Å². The maximum absolute atomic E-state index is 13.7. The van der Waals surface area contributed by atoms with Crippen molar-refractivity contribution in [1.29, 1.82) is 0 Å². The predicted octanol–water partition coefficient (Wildman–Crippen LogP) is 4.08. The number of likely N-dealkylation sites (tertiary alicyclic amines) is 1. The molecule has 0 radical (unpaired) electrons. The van der Waals surface area contributed by atoms with Gasteiger partial charge in [-0.2, -0.15) is 0 Å². The van der Waals surface area contributed by atoms with Crippen LogP contribution in [0.15, 0.2) is 66.7 Å². The molecule has 0 saturated carbocycles. The number of ether oxygens (including phenoxy) is 1. The minimum absolute atomic E-state index is 0.0524. The minimum atomic E-state index is -0.353. The molecule has 9 nitrogen and oxygen atoms in total. The molecule has 5 rings (SSSR count). The lowest BCUT2D eigenvalue weighted by Gasteiger charge is -2.29. The number of nitrogens with zero attached hydrogens (tertiary/aromatic N) is 3. The Kier molecular flexibility index (Phi) is 10.3. The first-order chi connectivity index (χ1) is 20.5. The van der Waals surface area contributed by atoms with Crippen molar-refractivity contribution in [3.8, 4) is 0 Å². The number of primary amides is 1. The van der Waals surface area contributed by atoms with E-state index in [2.05, 4.69) is 77.1 Å². The number of benzene rings is 3. The van der Waals surface area contributed by atoms with Gasteiger partial charge in [-0.3, -0.25) is 4.90 Å². The van der Waals surface area contributed by atoms with E-state index < -0.39 is 0 Å². The summed E-state index contributed by atoms with van der Waals surface area (Å²) in [5, 5.41) is 9.15. The second-order valence-electron chi connectivity index (χ2n) is 11.4. The second-order valence-corrected chi connectivity index (χ2v) is 11.4. The van der Waals surface area contributed by atoms with Gasteiger partial charge in [-0.05, 0) is 47.2 Å². The fourth-order valence-corrected chi connectivity index (χ4v) is 5.92. The van der Waals surface area contributed by atoms with Crippen molar-refractivity contribution in [1.82, 2.24) is 25.3 Å². The third-order valence-corrected chi connectivity index (χ3v) is 8.41. The van der Waals surface area contributed by atoms with E-state index in [1.807, 2.05) is 17.0 Å². The molecule has 3 aromatic rings. The molecule has 224 valence electrons. The molecule has 2 aliphatic rings. The van der Waals surface area contributed by atoms with Crippen LogP contribution in [0.4, 0.5) is 9.59 Å². The molecular weight excluding hydrogens is 528 g/mol. The third kappa shape index (κ3) is 8.00. The Morgan fingerprint density at radius 3 is 2.50 bits per heavy atom. The van der Waals surface area contributed by atoms with Gasteiger partial charge in [-0.25, -0.2) is 9.59 Å². The molecule has 2 saturated heterocycles. The summed E-state index contributed by atoms with van der Waals surface area (Å²) in [6, 6.07) is 22.7. The zero-order chi connectivity index (χ0) is 29.3. The molecule has 9 heteroatoms. The lowest BCUT2D eigenvalue weighted by Crippen LogP contribution is -2.43. The first-order valence-electron chi connectivity index (χ1n) is 15.1. The van der Waals surface area contributed by atoms with Crippen LogP contribution in [-0.2, 0) is 17.8 Å². The summed E-state index contributed by atoms with van der Waals surface area (Å²) in [5.74, 6) is 0. The molecular formula is C33H44N6O3. The smallest absolute Gasteiger partial charge is 0.318 e. The highest BCUT2D eigenvalue weighted by Crippen LogP contribution is 2.24. The Morgan fingerprint density at radius 2 is 1.74 bits per heavy atom. The van der Waals surface area contributed by atoms with Crippen LogP contribution in [-0.4, -0.2) is 85.3 Å². The van der Waals surface area contributed by atoms with Crippen LogP contribution in [0.2, 0.25) is 0 Å². The fraction of sp³-hybridized carbons (Fsp3) is 0.455. The van der Waals surface area contributed by atoms with Gasteiger partial charge in [0.2, 0.25) is 0 Å². The molecule has 4 amide bonds. The van der Waals surface area contributed by atoms with E-state index in [0.29, 0.717) is 26.2 Å². The molecule has 2 heterocycles. The molecule has 0 spiro atoms. The summed E-state index contributed by atoms with van der Waals surface area (Å²) in [5.41, 5.74) is 8.80. The van der Waals surface area contributed by atoms with Gasteiger partial charge in [0.15, 0.2) is 0 Å². The predicted molar refractivity (Wildman–Crippen MR) is 166 cm³/mol. The molecule has 3 aromatic carbocycles. The lowest BCUT2D eigenvalue weighted by atomic mass is 10.00. The second kappa shape index (κ2) is 14.5. The summed E-state index contributed by atoms with van der Waals surface area (Å²) < 4.78 is 5.49. The number of nitrogens with one attached hydrogen (secondary N) is 2. The lowest BCUT2D eigenvalue weighted by molar-refractivity contribution is 0.0364. The number of hydrogen-bond donors (Lipinski definition) is 3. The van der Waals surface area contributed by atoms with Crippen molar-refractivity contribution in [3.63, 3.8) is 0 Å². The fourth-order valence-electron chi connectivity index (χ4n) is 5.92. The summed E-state index contributed by atoms with van der Waals surface area (Å²) in [7, 11) is 0. The maximum Gasteiger partial charge on any atom is 0.318 e. The molecule has 42 heavy (non-hydrogen) atoms. The van der Waals surface area contributed by atoms with Gasteiger partial charge in [0.25, 0.3) is 0 Å². The van der Waals surface area contributed by atoms with Gasteiger partial charge in [0, 0.05) is 58.4 Å². The zero-order valence-corrected chi connectivity index (χ0v) is 24.6. The van der Waals surface area contributed by atoms with Crippen LogP contribution >= 0.6 is 0 Å². The first kappa shape index (κ1) is 29.8. The Balaban J connectivity index is 1.20. The quantitative estimate of drug-likeness (QED) is 0.321. The van der Waals surface area contributed by atoms with E-state index in [0.717, 1.165) is 68.7 Å². The van der Waals surface area contributed by atoms with E-state index in [9.17, 15) is 9.59 Å². The Hall–Kier alpha value is -3.66. The average Bonchev–Trinajstić information content (AvgIpc) is 3.50. The monoisotopic (exact) mass is 572 g/mol. The number of rotatable bonds is 11. The van der Waals surface area contributed by atoms with E-state index in [1.54, 1.807) is 4.90 Å². The number of amides is 4. The van der Waals surface area contributed by atoms with Crippen molar-refractivity contribution < 1.29 is 14.3 Å². The van der Waals surface area contributed by atoms with E-state index in [4.69, 9.17) is 10.5 Å². The maximum atomic E-state index is 13.7. The number of carbonyl (C=O) groups is 2. The van der Waals surface area contributed by atoms with Gasteiger partial charge < -0.3 is 30.9 Å². The number of fused-ring (bicyclic) bond motifs is 1. The number of morpholine rings is 1. The van der Waals surface area contributed by atoms with Crippen molar-refractivity contribution in [3.05, 3.63) is 83.4 Å². The Bertz CT molecular complexity index is 1320.